The number of hydrogen-bond donors (Lipinski definition) is 3. The Labute approximate surface area is 171 Å². The number of aromatic nitrogens is 2. The number of anilines is 1. The molecule has 0 radical (unpaired) electrons. The van der Waals surface area contributed by atoms with Crippen molar-refractivity contribution in [1.29, 1.82) is 0 Å². The molecule has 0 spiro atoms. The fourth-order valence-electron chi connectivity index (χ4n) is 3.62. The van der Waals surface area contributed by atoms with Crippen molar-refractivity contribution < 1.29 is 14.7 Å². The fourth-order valence-corrected chi connectivity index (χ4v) is 3.62. The molecule has 1 aromatic carbocycles. The lowest BCUT2D eigenvalue weighted by atomic mass is 10.0. The van der Waals surface area contributed by atoms with Gasteiger partial charge in [-0.1, -0.05) is 26.7 Å². The molecule has 0 aliphatic heterocycles. The summed E-state index contributed by atoms with van der Waals surface area (Å²) >= 11 is 0. The number of rotatable bonds is 5. The number of nitrogens with zero attached hydrogens (tertiary/aromatic N) is 2. The highest BCUT2D eigenvalue weighted by Crippen LogP contribution is 2.37. The first-order valence-corrected chi connectivity index (χ1v) is 10.3. The third kappa shape index (κ3) is 4.78. The lowest BCUT2D eigenvalue weighted by Gasteiger charge is -2.13. The Bertz CT molecular complexity index is 895. The van der Waals surface area contributed by atoms with E-state index in [9.17, 15) is 14.7 Å². The molecule has 0 saturated heterocycles. The van der Waals surface area contributed by atoms with Gasteiger partial charge in [0.05, 0.1) is 11.4 Å². The van der Waals surface area contributed by atoms with Crippen LogP contribution in [0.15, 0.2) is 24.3 Å². The number of amides is 2. The molecule has 1 aromatic heterocycles. The van der Waals surface area contributed by atoms with Gasteiger partial charge >= 0.3 is 6.03 Å². The van der Waals surface area contributed by atoms with E-state index in [1.807, 2.05) is 33.8 Å². The summed E-state index contributed by atoms with van der Waals surface area (Å²) in [6, 6.07) is 6.61. The maximum atomic E-state index is 12.7. The van der Waals surface area contributed by atoms with Gasteiger partial charge in [0.2, 0.25) is 5.91 Å². The minimum Gasteiger partial charge on any atom is -0.507 e. The van der Waals surface area contributed by atoms with E-state index in [2.05, 4.69) is 15.7 Å². The number of carbonyl (C=O) groups excluding carboxylic acids is 2. The van der Waals surface area contributed by atoms with E-state index in [1.54, 1.807) is 12.1 Å². The van der Waals surface area contributed by atoms with Crippen molar-refractivity contribution in [3.05, 3.63) is 30.0 Å². The van der Waals surface area contributed by atoms with Crippen molar-refractivity contribution in [3.63, 3.8) is 0 Å². The average Bonchev–Trinajstić information content (AvgIpc) is 3.30. The second kappa shape index (κ2) is 8.68. The molecule has 2 amide bonds. The Morgan fingerprint density at radius 1 is 1.14 bits per heavy atom. The first-order chi connectivity index (χ1) is 13.8. The number of phenolic OH excluding ortho intramolecular Hbond substituents is 1. The van der Waals surface area contributed by atoms with E-state index in [0.29, 0.717) is 22.9 Å². The minimum absolute atomic E-state index is 0.00355. The number of benzene rings is 1. The van der Waals surface area contributed by atoms with Crippen LogP contribution < -0.4 is 10.6 Å². The van der Waals surface area contributed by atoms with Crippen molar-refractivity contribution in [2.24, 2.45) is 5.92 Å². The molecule has 2 aromatic rings. The van der Waals surface area contributed by atoms with Crippen molar-refractivity contribution in [3.8, 4) is 17.0 Å². The van der Waals surface area contributed by atoms with Crippen LogP contribution in [0.25, 0.3) is 11.3 Å². The van der Waals surface area contributed by atoms with Crippen molar-refractivity contribution in [2.75, 3.05) is 5.32 Å². The number of hydrogen-bond acceptors (Lipinski definition) is 4. The molecule has 7 nitrogen and oxygen atoms in total. The summed E-state index contributed by atoms with van der Waals surface area (Å²) in [5.74, 6) is 0.0376. The summed E-state index contributed by atoms with van der Waals surface area (Å²) < 4.78 is 1.44. The zero-order valence-corrected chi connectivity index (χ0v) is 17.5. The number of nitrogens with one attached hydrogen (secondary N) is 2. The second-order valence-corrected chi connectivity index (χ2v) is 8.33. The molecule has 1 aliphatic carbocycles. The van der Waals surface area contributed by atoms with Crippen molar-refractivity contribution in [1.82, 2.24) is 15.1 Å². The van der Waals surface area contributed by atoms with Crippen LogP contribution in [-0.4, -0.2) is 32.9 Å². The molecule has 3 rings (SSSR count). The highest BCUT2D eigenvalue weighted by Gasteiger charge is 2.26. The third-order valence-electron chi connectivity index (χ3n) is 5.18. The molecule has 0 unspecified atom stereocenters. The summed E-state index contributed by atoms with van der Waals surface area (Å²) in [6.07, 6.45) is 4.36. The van der Waals surface area contributed by atoms with Crippen LogP contribution in [0.3, 0.4) is 0 Å². The zero-order valence-electron chi connectivity index (χ0n) is 17.5. The number of phenols is 1. The van der Waals surface area contributed by atoms with Gasteiger partial charge in [0.25, 0.3) is 0 Å². The van der Waals surface area contributed by atoms with Crippen LogP contribution in [0.2, 0.25) is 0 Å². The molecule has 1 aliphatic rings. The van der Waals surface area contributed by atoms with Gasteiger partial charge in [0, 0.05) is 35.2 Å². The fraction of sp³-hybridized carbons (Fsp3) is 0.500. The molecular formula is C22H30N4O3. The van der Waals surface area contributed by atoms with Crippen LogP contribution in [0.1, 0.15) is 65.0 Å². The molecule has 0 bridgehead atoms. The first-order valence-electron chi connectivity index (χ1n) is 10.3. The predicted octanol–water partition coefficient (Wildman–Crippen LogP) is 4.47. The molecule has 29 heavy (non-hydrogen) atoms. The van der Waals surface area contributed by atoms with Crippen molar-refractivity contribution in [2.45, 2.75) is 65.3 Å². The summed E-state index contributed by atoms with van der Waals surface area (Å²) in [5.41, 5.74) is 2.48. The molecule has 1 fully saturated rings. The van der Waals surface area contributed by atoms with Gasteiger partial charge in [-0.2, -0.15) is 9.78 Å². The van der Waals surface area contributed by atoms with Gasteiger partial charge in [-0.15, -0.1) is 0 Å². The Kier molecular flexibility index (Phi) is 6.25. The molecular weight excluding hydrogens is 368 g/mol. The topological polar surface area (TPSA) is 96.3 Å². The van der Waals surface area contributed by atoms with Gasteiger partial charge in [-0.25, -0.2) is 4.79 Å². The van der Waals surface area contributed by atoms with E-state index < -0.39 is 0 Å². The molecule has 0 atom stereocenters. The smallest absolute Gasteiger partial charge is 0.342 e. The Hall–Kier alpha value is -2.83. The Morgan fingerprint density at radius 2 is 1.83 bits per heavy atom. The third-order valence-corrected chi connectivity index (χ3v) is 5.18. The van der Waals surface area contributed by atoms with Gasteiger partial charge in [-0.3, -0.25) is 4.79 Å². The average molecular weight is 399 g/mol. The van der Waals surface area contributed by atoms with Crippen molar-refractivity contribution >= 4 is 17.6 Å². The molecule has 7 heteroatoms. The maximum absolute atomic E-state index is 12.7. The van der Waals surface area contributed by atoms with E-state index in [4.69, 9.17) is 0 Å². The van der Waals surface area contributed by atoms with E-state index in [1.165, 1.54) is 10.7 Å². The van der Waals surface area contributed by atoms with Gasteiger partial charge in [0.15, 0.2) is 0 Å². The normalized spacial score (nSPS) is 14.6. The summed E-state index contributed by atoms with van der Waals surface area (Å²) in [7, 11) is 0. The minimum atomic E-state index is -0.256. The van der Waals surface area contributed by atoms with Crippen LogP contribution in [0.5, 0.6) is 5.75 Å². The summed E-state index contributed by atoms with van der Waals surface area (Å²) in [4.78, 5) is 24.6. The first kappa shape index (κ1) is 20.9. The van der Waals surface area contributed by atoms with Crippen LogP contribution >= 0.6 is 0 Å². The quantitative estimate of drug-likeness (QED) is 0.692. The maximum Gasteiger partial charge on any atom is 0.342 e. The summed E-state index contributed by atoms with van der Waals surface area (Å²) in [5, 5.41) is 20.7. The molecule has 3 N–H and O–H groups in total. The monoisotopic (exact) mass is 398 g/mol. The predicted molar refractivity (Wildman–Crippen MR) is 113 cm³/mol. The highest BCUT2D eigenvalue weighted by atomic mass is 16.3. The second-order valence-electron chi connectivity index (χ2n) is 8.33. The van der Waals surface area contributed by atoms with Gasteiger partial charge in [-0.05, 0) is 44.9 Å². The molecule has 1 saturated carbocycles. The summed E-state index contributed by atoms with van der Waals surface area (Å²) in [6.45, 7) is 7.44. The zero-order chi connectivity index (χ0) is 21.1. The molecule has 1 heterocycles. The lowest BCUT2D eigenvalue weighted by Crippen LogP contribution is -2.35. The van der Waals surface area contributed by atoms with Crippen LogP contribution in [-0.2, 0) is 4.79 Å². The number of carbonyl (C=O) groups is 2. The van der Waals surface area contributed by atoms with E-state index in [0.717, 1.165) is 31.4 Å². The SMILES string of the molecule is CC(C)NC(=O)n1nc(-c2ccc(NC(=O)C(C)C)cc2O)cc1C1CCCC1. The van der Waals surface area contributed by atoms with E-state index >= 15 is 0 Å². The van der Waals surface area contributed by atoms with Crippen LogP contribution in [0, 0.1) is 5.92 Å². The number of aromatic hydroxyl groups is 1. The Balaban J connectivity index is 1.93. The van der Waals surface area contributed by atoms with Crippen LogP contribution in [0.4, 0.5) is 10.5 Å². The largest absolute Gasteiger partial charge is 0.507 e. The standard InChI is InChI=1S/C22H30N4O3/c1-13(2)21(28)24-16-9-10-17(20(27)11-16)18-12-19(15-7-5-6-8-15)26(25-18)22(29)23-14(3)4/h9-15,27H,5-8H2,1-4H3,(H,23,29)(H,24,28). The Morgan fingerprint density at radius 3 is 2.41 bits per heavy atom. The van der Waals surface area contributed by atoms with E-state index in [-0.39, 0.29) is 29.6 Å². The lowest BCUT2D eigenvalue weighted by molar-refractivity contribution is -0.118. The molecule has 156 valence electrons. The van der Waals surface area contributed by atoms with Gasteiger partial charge in [0.1, 0.15) is 5.75 Å². The highest BCUT2D eigenvalue weighted by molar-refractivity contribution is 5.92. The van der Waals surface area contributed by atoms with Gasteiger partial charge < -0.3 is 15.7 Å².